The third-order valence-electron chi connectivity index (χ3n) is 5.19. The van der Waals surface area contributed by atoms with Gasteiger partial charge in [-0.15, -0.1) is 10.2 Å². The molecule has 0 aliphatic carbocycles. The lowest BCUT2D eigenvalue weighted by molar-refractivity contribution is 0.388. The molecule has 0 N–H and O–H groups in total. The Morgan fingerprint density at radius 2 is 1.58 bits per heavy atom. The molecule has 0 unspecified atom stereocenters. The highest BCUT2D eigenvalue weighted by Gasteiger charge is 2.25. The Morgan fingerprint density at radius 3 is 2.26 bits per heavy atom. The summed E-state index contributed by atoms with van der Waals surface area (Å²) in [6, 6.07) is 20.9. The van der Waals surface area contributed by atoms with Gasteiger partial charge in [-0.05, 0) is 35.9 Å². The van der Waals surface area contributed by atoms with Gasteiger partial charge in [-0.1, -0.05) is 42.5 Å². The summed E-state index contributed by atoms with van der Waals surface area (Å²) in [4.78, 5) is 2.05. The van der Waals surface area contributed by atoms with Crippen LogP contribution < -0.4 is 9.64 Å². The summed E-state index contributed by atoms with van der Waals surface area (Å²) in [5.74, 6) is 1.47. The number of sulfonamides is 1. The molecule has 1 saturated heterocycles. The molecule has 0 radical (unpaired) electrons. The summed E-state index contributed by atoms with van der Waals surface area (Å²) < 4.78 is 32.2. The van der Waals surface area contributed by atoms with E-state index in [0.29, 0.717) is 26.2 Å². The SMILES string of the molecule is COc1ccccc1-c1ccc(N2CCN(S(=O)(=O)/C=C/c3ccccc3)CC2)nn1. The molecule has 160 valence electrons. The van der Waals surface area contributed by atoms with Crippen molar-refractivity contribution < 1.29 is 13.2 Å². The molecule has 0 saturated carbocycles. The second kappa shape index (κ2) is 9.28. The van der Waals surface area contributed by atoms with Crippen molar-refractivity contribution in [2.24, 2.45) is 0 Å². The smallest absolute Gasteiger partial charge is 0.236 e. The first-order valence-electron chi connectivity index (χ1n) is 10.0. The molecule has 7 nitrogen and oxygen atoms in total. The number of benzene rings is 2. The number of hydrogen-bond donors (Lipinski definition) is 0. The third-order valence-corrected chi connectivity index (χ3v) is 6.75. The number of nitrogens with zero attached hydrogens (tertiary/aromatic N) is 4. The summed E-state index contributed by atoms with van der Waals surface area (Å²) >= 11 is 0. The number of para-hydroxylation sites is 1. The topological polar surface area (TPSA) is 75.6 Å². The van der Waals surface area contributed by atoms with Crippen LogP contribution in [0.3, 0.4) is 0 Å². The van der Waals surface area contributed by atoms with Gasteiger partial charge in [-0.3, -0.25) is 0 Å². The highest BCUT2D eigenvalue weighted by molar-refractivity contribution is 7.92. The van der Waals surface area contributed by atoms with Gasteiger partial charge in [0, 0.05) is 37.2 Å². The molecular weight excluding hydrogens is 412 g/mol. The van der Waals surface area contributed by atoms with Crippen molar-refractivity contribution in [1.29, 1.82) is 0 Å². The van der Waals surface area contributed by atoms with E-state index >= 15 is 0 Å². The summed E-state index contributed by atoms with van der Waals surface area (Å²) in [5, 5.41) is 9.98. The maximum Gasteiger partial charge on any atom is 0.236 e. The first-order valence-corrected chi connectivity index (χ1v) is 11.5. The van der Waals surface area contributed by atoms with Gasteiger partial charge < -0.3 is 9.64 Å². The van der Waals surface area contributed by atoms with Crippen LogP contribution in [-0.4, -0.2) is 56.2 Å². The summed E-state index contributed by atoms with van der Waals surface area (Å²) in [6.07, 6.45) is 1.63. The van der Waals surface area contributed by atoms with Gasteiger partial charge in [0.05, 0.1) is 12.8 Å². The molecule has 31 heavy (non-hydrogen) atoms. The van der Waals surface area contributed by atoms with Crippen molar-refractivity contribution in [3.63, 3.8) is 0 Å². The molecular formula is C23H24N4O3S. The number of methoxy groups -OCH3 is 1. The fourth-order valence-corrected chi connectivity index (χ4v) is 4.65. The average Bonchev–Trinajstić information content (AvgIpc) is 2.84. The lowest BCUT2D eigenvalue weighted by atomic mass is 10.1. The van der Waals surface area contributed by atoms with Crippen LogP contribution >= 0.6 is 0 Å². The van der Waals surface area contributed by atoms with E-state index in [9.17, 15) is 8.42 Å². The Bertz CT molecular complexity index is 1140. The minimum atomic E-state index is -3.46. The first kappa shape index (κ1) is 21.0. The monoisotopic (exact) mass is 436 g/mol. The largest absolute Gasteiger partial charge is 0.496 e. The van der Waals surface area contributed by atoms with Gasteiger partial charge in [-0.25, -0.2) is 8.42 Å². The quantitative estimate of drug-likeness (QED) is 0.590. The summed E-state index contributed by atoms with van der Waals surface area (Å²) in [5.41, 5.74) is 2.47. The van der Waals surface area contributed by atoms with E-state index < -0.39 is 10.0 Å². The van der Waals surface area contributed by atoms with Gasteiger partial charge >= 0.3 is 0 Å². The maximum absolute atomic E-state index is 12.6. The van der Waals surface area contributed by atoms with Crippen molar-refractivity contribution in [2.45, 2.75) is 0 Å². The van der Waals surface area contributed by atoms with Crippen LogP contribution in [0.1, 0.15) is 5.56 Å². The van der Waals surface area contributed by atoms with Crippen molar-refractivity contribution in [3.05, 3.63) is 77.7 Å². The lowest BCUT2D eigenvalue weighted by Gasteiger charge is -2.33. The van der Waals surface area contributed by atoms with Gasteiger partial charge in [0.25, 0.3) is 0 Å². The average molecular weight is 437 g/mol. The minimum absolute atomic E-state index is 0.400. The van der Waals surface area contributed by atoms with Crippen LogP contribution in [-0.2, 0) is 10.0 Å². The Labute approximate surface area is 182 Å². The molecule has 4 rings (SSSR count). The van der Waals surface area contributed by atoms with Crippen LogP contribution in [0, 0.1) is 0 Å². The van der Waals surface area contributed by atoms with Gasteiger partial charge in [0.1, 0.15) is 5.75 Å². The number of rotatable bonds is 6. The number of hydrogen-bond acceptors (Lipinski definition) is 6. The van der Waals surface area contributed by atoms with Crippen LogP contribution in [0.25, 0.3) is 17.3 Å². The molecule has 1 fully saturated rings. The van der Waals surface area contributed by atoms with Crippen molar-refractivity contribution in [1.82, 2.24) is 14.5 Å². The van der Waals surface area contributed by atoms with Crippen LogP contribution in [0.4, 0.5) is 5.82 Å². The number of aromatic nitrogens is 2. The third kappa shape index (κ3) is 4.92. The lowest BCUT2D eigenvalue weighted by Crippen LogP contribution is -2.48. The second-order valence-electron chi connectivity index (χ2n) is 7.12. The molecule has 2 heterocycles. The first-order chi connectivity index (χ1) is 15.1. The Morgan fingerprint density at radius 1 is 0.871 bits per heavy atom. The van der Waals surface area contributed by atoms with Gasteiger partial charge in [0.15, 0.2) is 5.82 Å². The normalized spacial score (nSPS) is 15.3. The van der Waals surface area contributed by atoms with E-state index in [1.165, 1.54) is 9.71 Å². The van der Waals surface area contributed by atoms with Crippen LogP contribution in [0.15, 0.2) is 72.1 Å². The van der Waals surface area contributed by atoms with Crippen LogP contribution in [0.5, 0.6) is 5.75 Å². The number of piperazine rings is 1. The molecule has 1 aliphatic heterocycles. The van der Waals surface area contributed by atoms with E-state index in [0.717, 1.165) is 28.4 Å². The summed E-state index contributed by atoms with van der Waals surface area (Å²) in [6.45, 7) is 1.91. The van der Waals surface area contributed by atoms with E-state index in [4.69, 9.17) is 4.74 Å². The Balaban J connectivity index is 1.40. The zero-order valence-electron chi connectivity index (χ0n) is 17.3. The highest BCUT2D eigenvalue weighted by Crippen LogP contribution is 2.28. The Hall–Kier alpha value is -3.23. The highest BCUT2D eigenvalue weighted by atomic mass is 32.2. The van der Waals surface area contributed by atoms with Crippen LogP contribution in [0.2, 0.25) is 0 Å². The maximum atomic E-state index is 12.6. The van der Waals surface area contributed by atoms with Crippen molar-refractivity contribution >= 4 is 21.9 Å². The summed E-state index contributed by atoms with van der Waals surface area (Å²) in [7, 11) is -1.83. The fraction of sp³-hybridized carbons (Fsp3) is 0.217. The van der Waals surface area contributed by atoms with E-state index in [1.54, 1.807) is 13.2 Å². The van der Waals surface area contributed by atoms with Gasteiger partial charge in [0.2, 0.25) is 10.0 Å². The molecule has 0 spiro atoms. The Kier molecular flexibility index (Phi) is 6.29. The fourth-order valence-electron chi connectivity index (χ4n) is 3.48. The second-order valence-corrected chi connectivity index (χ2v) is 8.94. The number of anilines is 1. The molecule has 0 amide bonds. The van der Waals surface area contributed by atoms with Crippen molar-refractivity contribution in [2.75, 3.05) is 38.2 Å². The number of ether oxygens (including phenoxy) is 1. The molecule has 8 heteroatoms. The minimum Gasteiger partial charge on any atom is -0.496 e. The molecule has 0 atom stereocenters. The molecule has 1 aliphatic rings. The van der Waals surface area contributed by atoms with E-state index in [1.807, 2.05) is 71.6 Å². The standard InChI is InChI=1S/C23H24N4O3S/c1-30-22-10-6-5-9-20(22)21-11-12-23(25-24-21)26-14-16-27(17-15-26)31(28,29)18-13-19-7-3-2-4-8-19/h2-13,18H,14-17H2,1H3/b18-13+. The molecule has 1 aromatic heterocycles. The zero-order chi connectivity index (χ0) is 21.7. The van der Waals surface area contributed by atoms with E-state index in [2.05, 4.69) is 10.2 Å². The van der Waals surface area contributed by atoms with E-state index in [-0.39, 0.29) is 0 Å². The molecule has 2 aromatic carbocycles. The molecule has 0 bridgehead atoms. The van der Waals surface area contributed by atoms with Crippen molar-refractivity contribution in [3.8, 4) is 17.0 Å². The molecule has 3 aromatic rings. The predicted octanol–water partition coefficient (Wildman–Crippen LogP) is 3.27. The van der Waals surface area contributed by atoms with Gasteiger partial charge in [-0.2, -0.15) is 4.31 Å². The predicted molar refractivity (Wildman–Crippen MR) is 122 cm³/mol. The zero-order valence-corrected chi connectivity index (χ0v) is 18.1.